The molecule has 0 bridgehead atoms. The molecule has 0 aliphatic heterocycles. The summed E-state index contributed by atoms with van der Waals surface area (Å²) in [5.41, 5.74) is 7.85. The Labute approximate surface area is 100 Å². The summed E-state index contributed by atoms with van der Waals surface area (Å²) in [6, 6.07) is 9.26. The van der Waals surface area contributed by atoms with E-state index in [1.807, 2.05) is 24.3 Å². The van der Waals surface area contributed by atoms with Crippen LogP contribution in [-0.4, -0.2) is 19.2 Å². The zero-order chi connectivity index (χ0) is 12.3. The van der Waals surface area contributed by atoms with Crippen molar-refractivity contribution in [1.29, 1.82) is 0 Å². The first-order valence-electron chi connectivity index (χ1n) is 5.19. The van der Waals surface area contributed by atoms with Gasteiger partial charge in [0.1, 0.15) is 11.5 Å². The molecule has 0 radical (unpaired) electrons. The Morgan fingerprint density at radius 2 is 1.65 bits per heavy atom. The molecule has 0 fully saturated rings. The minimum Gasteiger partial charge on any atom is -0.496 e. The van der Waals surface area contributed by atoms with Crippen molar-refractivity contribution < 1.29 is 9.47 Å². The largest absolute Gasteiger partial charge is 0.496 e. The van der Waals surface area contributed by atoms with Crippen LogP contribution in [0.3, 0.4) is 0 Å². The van der Waals surface area contributed by atoms with Crippen LogP contribution in [0.5, 0.6) is 11.5 Å². The van der Waals surface area contributed by atoms with Crippen LogP contribution < -0.4 is 15.2 Å². The molecule has 0 aliphatic carbocycles. The van der Waals surface area contributed by atoms with E-state index in [1.165, 1.54) is 0 Å². The number of methoxy groups -OCH3 is 2. The second-order valence-corrected chi connectivity index (χ2v) is 3.51. The molecule has 2 rings (SSSR count). The van der Waals surface area contributed by atoms with Gasteiger partial charge in [-0.1, -0.05) is 6.07 Å². The average Bonchev–Trinajstić information content (AvgIpc) is 2.38. The number of rotatable bonds is 3. The first kappa shape index (κ1) is 11.3. The van der Waals surface area contributed by atoms with E-state index in [1.54, 1.807) is 26.5 Å². The average molecular weight is 230 g/mol. The number of benzene rings is 1. The maximum atomic E-state index is 5.62. The van der Waals surface area contributed by atoms with Gasteiger partial charge < -0.3 is 15.2 Å². The lowest BCUT2D eigenvalue weighted by Crippen LogP contribution is -1.95. The Morgan fingerprint density at radius 3 is 2.12 bits per heavy atom. The third-order valence-corrected chi connectivity index (χ3v) is 2.47. The smallest absolute Gasteiger partial charge is 0.132 e. The Morgan fingerprint density at radius 1 is 1.00 bits per heavy atom. The molecule has 0 unspecified atom stereocenters. The summed E-state index contributed by atoms with van der Waals surface area (Å²) in [6.07, 6.45) is 1.61. The number of nitrogen functional groups attached to an aromatic ring is 1. The second kappa shape index (κ2) is 4.74. The quantitative estimate of drug-likeness (QED) is 0.879. The fourth-order valence-corrected chi connectivity index (χ4v) is 1.66. The number of hydrogen-bond acceptors (Lipinski definition) is 4. The Hall–Kier alpha value is -2.23. The van der Waals surface area contributed by atoms with Gasteiger partial charge in [-0.2, -0.15) is 0 Å². The molecule has 0 saturated carbocycles. The van der Waals surface area contributed by atoms with Crippen LogP contribution in [0.15, 0.2) is 36.5 Å². The Balaban J connectivity index is 2.59. The van der Waals surface area contributed by atoms with Crippen molar-refractivity contribution >= 4 is 5.69 Å². The predicted molar refractivity (Wildman–Crippen MR) is 67.2 cm³/mol. The lowest BCUT2D eigenvalue weighted by atomic mass is 10.1. The third kappa shape index (κ3) is 2.15. The molecule has 0 amide bonds. The van der Waals surface area contributed by atoms with Crippen LogP contribution in [-0.2, 0) is 0 Å². The van der Waals surface area contributed by atoms with E-state index in [0.29, 0.717) is 5.69 Å². The summed E-state index contributed by atoms with van der Waals surface area (Å²) in [5, 5.41) is 0. The van der Waals surface area contributed by atoms with E-state index in [2.05, 4.69) is 4.98 Å². The standard InChI is InChI=1S/C13H14N2O2/c1-16-11-4-3-5-12(17-2)13(11)10-7-6-9(14)8-15-10/h3-8H,14H2,1-2H3. The first-order chi connectivity index (χ1) is 8.26. The molecule has 0 spiro atoms. The Bertz CT molecular complexity index is 487. The molecule has 0 aliphatic rings. The number of nitrogens with two attached hydrogens (primary N) is 1. The molecular weight excluding hydrogens is 216 g/mol. The fraction of sp³-hybridized carbons (Fsp3) is 0.154. The predicted octanol–water partition coefficient (Wildman–Crippen LogP) is 2.35. The molecule has 1 aromatic carbocycles. The van der Waals surface area contributed by atoms with Crippen molar-refractivity contribution in [1.82, 2.24) is 4.98 Å². The summed E-state index contributed by atoms with van der Waals surface area (Å²) >= 11 is 0. The summed E-state index contributed by atoms with van der Waals surface area (Å²) in [6.45, 7) is 0. The molecular formula is C13H14N2O2. The van der Waals surface area contributed by atoms with E-state index in [4.69, 9.17) is 15.2 Å². The molecule has 4 heteroatoms. The maximum Gasteiger partial charge on any atom is 0.132 e. The second-order valence-electron chi connectivity index (χ2n) is 3.51. The van der Waals surface area contributed by atoms with Gasteiger partial charge in [0.15, 0.2) is 0 Å². The molecule has 88 valence electrons. The number of pyridine rings is 1. The van der Waals surface area contributed by atoms with Gasteiger partial charge in [0.2, 0.25) is 0 Å². The van der Waals surface area contributed by atoms with Gasteiger partial charge in [-0.25, -0.2) is 0 Å². The summed E-state index contributed by atoms with van der Waals surface area (Å²) in [4.78, 5) is 4.28. The van der Waals surface area contributed by atoms with E-state index < -0.39 is 0 Å². The Kier molecular flexibility index (Phi) is 3.14. The van der Waals surface area contributed by atoms with Gasteiger partial charge in [-0.15, -0.1) is 0 Å². The van der Waals surface area contributed by atoms with Crippen molar-refractivity contribution in [2.75, 3.05) is 20.0 Å². The molecule has 2 N–H and O–H groups in total. The number of nitrogens with zero attached hydrogens (tertiary/aromatic N) is 1. The van der Waals surface area contributed by atoms with E-state index >= 15 is 0 Å². The van der Waals surface area contributed by atoms with Crippen LogP contribution in [0, 0.1) is 0 Å². The first-order valence-corrected chi connectivity index (χ1v) is 5.19. The molecule has 1 heterocycles. The molecule has 1 aromatic heterocycles. The van der Waals surface area contributed by atoms with E-state index in [9.17, 15) is 0 Å². The van der Waals surface area contributed by atoms with Crippen LogP contribution in [0.25, 0.3) is 11.3 Å². The summed E-state index contributed by atoms with van der Waals surface area (Å²) in [7, 11) is 3.24. The van der Waals surface area contributed by atoms with Gasteiger partial charge in [0.25, 0.3) is 0 Å². The molecule has 0 atom stereocenters. The topological polar surface area (TPSA) is 57.4 Å². The molecule has 4 nitrogen and oxygen atoms in total. The molecule has 17 heavy (non-hydrogen) atoms. The number of aromatic nitrogens is 1. The fourth-order valence-electron chi connectivity index (χ4n) is 1.66. The summed E-state index contributed by atoms with van der Waals surface area (Å²) < 4.78 is 10.6. The zero-order valence-corrected chi connectivity index (χ0v) is 9.81. The van der Waals surface area contributed by atoms with E-state index in [-0.39, 0.29) is 0 Å². The molecule has 0 saturated heterocycles. The van der Waals surface area contributed by atoms with Crippen molar-refractivity contribution in [2.45, 2.75) is 0 Å². The van der Waals surface area contributed by atoms with Crippen LogP contribution >= 0.6 is 0 Å². The maximum absolute atomic E-state index is 5.62. The highest BCUT2D eigenvalue weighted by Crippen LogP contribution is 2.36. The van der Waals surface area contributed by atoms with Crippen LogP contribution in [0.2, 0.25) is 0 Å². The van der Waals surface area contributed by atoms with Gasteiger partial charge in [0.05, 0.1) is 37.4 Å². The van der Waals surface area contributed by atoms with Gasteiger partial charge >= 0.3 is 0 Å². The zero-order valence-electron chi connectivity index (χ0n) is 9.81. The minimum atomic E-state index is 0.627. The SMILES string of the molecule is COc1cccc(OC)c1-c1ccc(N)cn1. The van der Waals surface area contributed by atoms with E-state index in [0.717, 1.165) is 22.8 Å². The lowest BCUT2D eigenvalue weighted by molar-refractivity contribution is 0.397. The third-order valence-electron chi connectivity index (χ3n) is 2.47. The summed E-state index contributed by atoms with van der Waals surface area (Å²) in [5.74, 6) is 1.45. The highest BCUT2D eigenvalue weighted by atomic mass is 16.5. The highest BCUT2D eigenvalue weighted by Gasteiger charge is 2.12. The molecule has 2 aromatic rings. The number of anilines is 1. The van der Waals surface area contributed by atoms with Crippen molar-refractivity contribution in [3.05, 3.63) is 36.5 Å². The van der Waals surface area contributed by atoms with Crippen LogP contribution in [0.4, 0.5) is 5.69 Å². The number of ether oxygens (including phenoxy) is 2. The monoisotopic (exact) mass is 230 g/mol. The van der Waals surface area contributed by atoms with Gasteiger partial charge in [-0.3, -0.25) is 4.98 Å². The lowest BCUT2D eigenvalue weighted by Gasteiger charge is -2.12. The van der Waals surface area contributed by atoms with Crippen molar-refractivity contribution in [3.8, 4) is 22.8 Å². The number of hydrogen-bond donors (Lipinski definition) is 1. The van der Waals surface area contributed by atoms with Crippen molar-refractivity contribution in [3.63, 3.8) is 0 Å². The highest BCUT2D eigenvalue weighted by molar-refractivity contribution is 5.74. The minimum absolute atomic E-state index is 0.627. The van der Waals surface area contributed by atoms with Gasteiger partial charge in [0, 0.05) is 0 Å². The normalized spacial score (nSPS) is 10.0. The van der Waals surface area contributed by atoms with Crippen LogP contribution in [0.1, 0.15) is 0 Å². The van der Waals surface area contributed by atoms with Gasteiger partial charge in [-0.05, 0) is 24.3 Å². The van der Waals surface area contributed by atoms with Crippen molar-refractivity contribution in [2.24, 2.45) is 0 Å².